The molecule has 0 saturated heterocycles. The number of benzene rings is 1. The number of alkyl halides is 3. The minimum absolute atomic E-state index is 0.369. The molecule has 19 heavy (non-hydrogen) atoms. The molecule has 1 atom stereocenters. The van der Waals surface area contributed by atoms with Gasteiger partial charge in [-0.15, -0.1) is 0 Å². The Morgan fingerprint density at radius 1 is 1.21 bits per heavy atom. The first-order valence-electron chi connectivity index (χ1n) is 5.70. The molecule has 0 bridgehead atoms. The number of aliphatic hydroxyl groups excluding tert-OH is 1. The van der Waals surface area contributed by atoms with Crippen LogP contribution in [0.2, 0.25) is 0 Å². The molecule has 3 nitrogen and oxygen atoms in total. The molecule has 1 aliphatic rings. The summed E-state index contributed by atoms with van der Waals surface area (Å²) in [5.74, 6) is 0.959. The van der Waals surface area contributed by atoms with Crippen LogP contribution in [0.15, 0.2) is 16.6 Å². The molecule has 1 aromatic rings. The molecule has 0 saturated carbocycles. The lowest BCUT2D eigenvalue weighted by atomic mass is 10.0. The van der Waals surface area contributed by atoms with Crippen molar-refractivity contribution in [1.82, 2.24) is 0 Å². The highest BCUT2D eigenvalue weighted by atomic mass is 79.9. The quantitative estimate of drug-likeness (QED) is 0.913. The minimum Gasteiger partial charge on any atom is -0.486 e. The maximum absolute atomic E-state index is 12.1. The van der Waals surface area contributed by atoms with E-state index in [2.05, 4.69) is 15.9 Å². The molecule has 0 amide bonds. The molecule has 2 rings (SSSR count). The Bertz CT molecular complexity index is 462. The number of aliphatic hydroxyl groups is 1. The molecule has 106 valence electrons. The van der Waals surface area contributed by atoms with Crippen LogP contribution in [0, 0.1) is 0 Å². The lowest BCUT2D eigenvalue weighted by molar-refractivity contribution is -0.140. The molecule has 0 aromatic heterocycles. The van der Waals surface area contributed by atoms with Crippen molar-refractivity contribution in [1.29, 1.82) is 0 Å². The van der Waals surface area contributed by atoms with Gasteiger partial charge in [0.2, 0.25) is 0 Å². The standard InChI is InChI=1S/C12H12BrF3O3/c13-8-6-11-10(18-3-4-19-11)5-7(8)9(17)1-2-12(14,15)16/h5-6,9,17H,1-4H2. The van der Waals surface area contributed by atoms with E-state index in [0.29, 0.717) is 34.7 Å². The summed E-state index contributed by atoms with van der Waals surface area (Å²) in [5, 5.41) is 9.84. The molecule has 1 heterocycles. The fourth-order valence-electron chi connectivity index (χ4n) is 1.79. The van der Waals surface area contributed by atoms with Crippen molar-refractivity contribution >= 4 is 15.9 Å². The Balaban J connectivity index is 2.15. The number of hydrogen-bond acceptors (Lipinski definition) is 3. The van der Waals surface area contributed by atoms with Gasteiger partial charge in [0.05, 0.1) is 6.10 Å². The summed E-state index contributed by atoms with van der Waals surface area (Å²) in [5.41, 5.74) is 0.369. The van der Waals surface area contributed by atoms with Crippen LogP contribution < -0.4 is 9.47 Å². The van der Waals surface area contributed by atoms with Gasteiger partial charge < -0.3 is 14.6 Å². The van der Waals surface area contributed by atoms with Gasteiger partial charge in [0.25, 0.3) is 0 Å². The van der Waals surface area contributed by atoms with E-state index >= 15 is 0 Å². The zero-order valence-corrected chi connectivity index (χ0v) is 11.4. The van der Waals surface area contributed by atoms with Gasteiger partial charge in [-0.2, -0.15) is 13.2 Å². The Kier molecular flexibility index (Phi) is 4.25. The summed E-state index contributed by atoms with van der Waals surface area (Å²) in [6.07, 6.45) is -6.90. The first-order chi connectivity index (χ1) is 8.87. The Hall–Kier alpha value is -0.950. The van der Waals surface area contributed by atoms with Crippen molar-refractivity contribution in [2.24, 2.45) is 0 Å². The molecule has 1 aromatic carbocycles. The van der Waals surface area contributed by atoms with Crippen molar-refractivity contribution in [3.8, 4) is 11.5 Å². The molecule has 1 aliphatic heterocycles. The van der Waals surface area contributed by atoms with Crippen LogP contribution in [-0.4, -0.2) is 24.5 Å². The molecule has 0 radical (unpaired) electrons. The van der Waals surface area contributed by atoms with Crippen LogP contribution in [0.25, 0.3) is 0 Å². The molecule has 0 aliphatic carbocycles. The molecule has 0 fully saturated rings. The summed E-state index contributed by atoms with van der Waals surface area (Å²) in [6, 6.07) is 3.11. The van der Waals surface area contributed by atoms with Crippen molar-refractivity contribution in [3.63, 3.8) is 0 Å². The van der Waals surface area contributed by atoms with E-state index in [0.717, 1.165) is 0 Å². The average Bonchev–Trinajstić information content (AvgIpc) is 2.34. The third-order valence-corrected chi connectivity index (χ3v) is 3.41. The van der Waals surface area contributed by atoms with Gasteiger partial charge in [-0.25, -0.2) is 0 Å². The van der Waals surface area contributed by atoms with E-state index in [4.69, 9.17) is 9.47 Å². The van der Waals surface area contributed by atoms with Gasteiger partial charge in [0, 0.05) is 10.9 Å². The second-order valence-corrected chi connectivity index (χ2v) is 5.04. The summed E-state index contributed by atoms with van der Waals surface area (Å²) < 4.78 is 47.6. The summed E-state index contributed by atoms with van der Waals surface area (Å²) in [6.45, 7) is 0.808. The predicted molar refractivity (Wildman–Crippen MR) is 65.4 cm³/mol. The second-order valence-electron chi connectivity index (χ2n) is 4.19. The summed E-state index contributed by atoms with van der Waals surface area (Å²) in [7, 11) is 0. The van der Waals surface area contributed by atoms with Gasteiger partial charge in [-0.1, -0.05) is 15.9 Å². The SMILES string of the molecule is OC(CCC(F)(F)F)c1cc2c(cc1Br)OCCO2. The third kappa shape index (κ3) is 3.76. The molecular formula is C12H12BrF3O3. The highest BCUT2D eigenvalue weighted by Gasteiger charge is 2.29. The smallest absolute Gasteiger partial charge is 0.389 e. The van der Waals surface area contributed by atoms with E-state index in [9.17, 15) is 18.3 Å². The van der Waals surface area contributed by atoms with Crippen molar-refractivity contribution in [3.05, 3.63) is 22.2 Å². The Morgan fingerprint density at radius 2 is 1.79 bits per heavy atom. The second kappa shape index (κ2) is 5.58. The number of ether oxygens (including phenoxy) is 2. The summed E-state index contributed by atoms with van der Waals surface area (Å²) >= 11 is 3.22. The third-order valence-electron chi connectivity index (χ3n) is 2.72. The molecule has 1 unspecified atom stereocenters. The van der Waals surface area contributed by atoms with Crippen molar-refractivity contribution in [2.75, 3.05) is 13.2 Å². The van der Waals surface area contributed by atoms with Gasteiger partial charge >= 0.3 is 6.18 Å². The number of fused-ring (bicyclic) bond motifs is 1. The molecule has 1 N–H and O–H groups in total. The lowest BCUT2D eigenvalue weighted by Gasteiger charge is -2.21. The first-order valence-corrected chi connectivity index (χ1v) is 6.50. The van der Waals surface area contributed by atoms with Crippen LogP contribution in [-0.2, 0) is 0 Å². The van der Waals surface area contributed by atoms with Crippen LogP contribution in [0.4, 0.5) is 13.2 Å². The topological polar surface area (TPSA) is 38.7 Å². The van der Waals surface area contributed by atoms with Crippen molar-refractivity contribution in [2.45, 2.75) is 25.1 Å². The zero-order chi connectivity index (χ0) is 14.0. The number of rotatable bonds is 3. The Labute approximate surface area is 116 Å². The maximum atomic E-state index is 12.1. The highest BCUT2D eigenvalue weighted by molar-refractivity contribution is 9.10. The fraction of sp³-hybridized carbons (Fsp3) is 0.500. The van der Waals surface area contributed by atoms with Crippen molar-refractivity contribution < 1.29 is 27.8 Å². The normalized spacial score (nSPS) is 16.3. The van der Waals surface area contributed by atoms with Gasteiger partial charge in [0.1, 0.15) is 13.2 Å². The lowest BCUT2D eigenvalue weighted by Crippen LogP contribution is -2.16. The minimum atomic E-state index is -4.28. The average molecular weight is 341 g/mol. The molecular weight excluding hydrogens is 329 g/mol. The Morgan fingerprint density at radius 3 is 2.37 bits per heavy atom. The summed E-state index contributed by atoms with van der Waals surface area (Å²) in [4.78, 5) is 0. The van der Waals surface area contributed by atoms with Gasteiger partial charge in [0.15, 0.2) is 11.5 Å². The zero-order valence-electron chi connectivity index (χ0n) is 9.84. The van der Waals surface area contributed by atoms with E-state index in [1.165, 1.54) is 6.07 Å². The van der Waals surface area contributed by atoms with Crippen LogP contribution >= 0.6 is 15.9 Å². The number of halogens is 4. The van der Waals surface area contributed by atoms with Crippen LogP contribution in [0.3, 0.4) is 0 Å². The first kappa shape index (κ1) is 14.5. The maximum Gasteiger partial charge on any atom is 0.389 e. The molecule has 7 heteroatoms. The molecule has 0 spiro atoms. The van der Waals surface area contributed by atoms with Gasteiger partial charge in [-0.3, -0.25) is 0 Å². The largest absolute Gasteiger partial charge is 0.486 e. The highest BCUT2D eigenvalue weighted by Crippen LogP contribution is 2.39. The van der Waals surface area contributed by atoms with E-state index in [1.54, 1.807) is 6.07 Å². The number of hydrogen-bond donors (Lipinski definition) is 1. The fourth-order valence-corrected chi connectivity index (χ4v) is 2.38. The van der Waals surface area contributed by atoms with E-state index in [1.807, 2.05) is 0 Å². The monoisotopic (exact) mass is 340 g/mol. The van der Waals surface area contributed by atoms with E-state index in [-0.39, 0.29) is 6.42 Å². The predicted octanol–water partition coefficient (Wildman–Crippen LogP) is 3.60. The van der Waals surface area contributed by atoms with Crippen LogP contribution in [0.5, 0.6) is 11.5 Å². The van der Waals surface area contributed by atoms with E-state index < -0.39 is 18.7 Å². The van der Waals surface area contributed by atoms with Gasteiger partial charge in [-0.05, 0) is 24.1 Å². The van der Waals surface area contributed by atoms with Crippen LogP contribution in [0.1, 0.15) is 24.5 Å².